The van der Waals surface area contributed by atoms with Crippen molar-refractivity contribution in [2.45, 2.75) is 84.5 Å². The van der Waals surface area contributed by atoms with E-state index >= 15 is 0 Å². The maximum absolute atomic E-state index is 3.74. The smallest absolute Gasteiger partial charge is 0.00136 e. The summed E-state index contributed by atoms with van der Waals surface area (Å²) in [7, 11) is 0. The largest absolute Gasteiger partial charge is 0.316 e. The highest BCUT2D eigenvalue weighted by atomic mass is 14.9. The molecular weight excluding hydrogens is 278 g/mol. The van der Waals surface area contributed by atoms with Gasteiger partial charge in [-0.1, -0.05) is 26.7 Å². The number of hydrogen-bond donors (Lipinski definition) is 1. The first kappa shape index (κ1) is 15.2. The zero-order valence-corrected chi connectivity index (χ0v) is 15.5. The topological polar surface area (TPSA) is 12.0 Å². The highest BCUT2D eigenvalue weighted by Gasteiger charge is 2.64. The lowest BCUT2D eigenvalue weighted by Gasteiger charge is -2.61. The van der Waals surface area contributed by atoms with Gasteiger partial charge in [-0.05, 0) is 104 Å². The van der Waals surface area contributed by atoms with E-state index in [1.54, 1.807) is 44.9 Å². The standard InChI is InChI=1S/C22H37N/c1-20-10-4-3-5-16(20)6-7-17-18(20)8-11-21(2)19(17)9-12-22(21)13-14-23-15-22/h16-19,23H,3-15H2,1-2H3/t16?,17-,18+,19+,20+,21?,22?/m1/s1. The lowest BCUT2D eigenvalue weighted by Crippen LogP contribution is -2.54. The van der Waals surface area contributed by atoms with Crippen molar-refractivity contribution in [2.24, 2.45) is 39.9 Å². The van der Waals surface area contributed by atoms with Crippen LogP contribution in [0, 0.1) is 39.9 Å². The third kappa shape index (κ3) is 1.84. The van der Waals surface area contributed by atoms with Crippen molar-refractivity contribution in [1.29, 1.82) is 0 Å². The van der Waals surface area contributed by atoms with E-state index in [4.69, 9.17) is 0 Å². The summed E-state index contributed by atoms with van der Waals surface area (Å²) in [6.07, 6.45) is 16.9. The molecule has 0 amide bonds. The van der Waals surface area contributed by atoms with Crippen LogP contribution in [0.3, 0.4) is 0 Å². The summed E-state index contributed by atoms with van der Waals surface area (Å²) in [4.78, 5) is 0. The van der Waals surface area contributed by atoms with E-state index in [0.717, 1.165) is 23.7 Å². The van der Waals surface area contributed by atoms with Gasteiger partial charge in [0.05, 0.1) is 0 Å². The lowest BCUT2D eigenvalue weighted by molar-refractivity contribution is -0.122. The number of hydrogen-bond acceptors (Lipinski definition) is 1. The Labute approximate surface area is 143 Å². The van der Waals surface area contributed by atoms with E-state index < -0.39 is 0 Å². The Hall–Kier alpha value is -0.0400. The minimum Gasteiger partial charge on any atom is -0.316 e. The number of nitrogens with one attached hydrogen (secondary N) is 1. The summed E-state index contributed by atoms with van der Waals surface area (Å²) >= 11 is 0. The van der Waals surface area contributed by atoms with E-state index in [-0.39, 0.29) is 0 Å². The molecule has 5 fully saturated rings. The summed E-state index contributed by atoms with van der Waals surface area (Å²) in [5.74, 6) is 4.28. The molecule has 4 aliphatic carbocycles. The molecule has 0 aromatic rings. The summed E-state index contributed by atoms with van der Waals surface area (Å²) in [6.45, 7) is 8.06. The quantitative estimate of drug-likeness (QED) is 0.631. The maximum atomic E-state index is 3.74. The molecule has 3 unspecified atom stereocenters. The monoisotopic (exact) mass is 315 g/mol. The van der Waals surface area contributed by atoms with Crippen LogP contribution in [0.5, 0.6) is 0 Å². The van der Waals surface area contributed by atoms with Gasteiger partial charge in [0.1, 0.15) is 0 Å². The number of rotatable bonds is 0. The van der Waals surface area contributed by atoms with E-state index in [2.05, 4.69) is 19.2 Å². The van der Waals surface area contributed by atoms with Crippen LogP contribution in [0.4, 0.5) is 0 Å². The summed E-state index contributed by atoms with van der Waals surface area (Å²) in [5.41, 5.74) is 2.05. The van der Waals surface area contributed by atoms with Gasteiger partial charge in [-0.2, -0.15) is 0 Å². The average molecular weight is 316 g/mol. The van der Waals surface area contributed by atoms with Crippen molar-refractivity contribution in [3.05, 3.63) is 0 Å². The molecular formula is C22H37N. The van der Waals surface area contributed by atoms with Crippen LogP contribution < -0.4 is 5.32 Å². The highest BCUT2D eigenvalue weighted by Crippen LogP contribution is 2.71. The molecule has 1 N–H and O–H groups in total. The SMILES string of the molecule is CC12CC[C@H]3[C@@H](CCC4CCCC[C@@]43C)[C@@H]1CCC21CCNC1. The Morgan fingerprint density at radius 2 is 1.65 bits per heavy atom. The summed E-state index contributed by atoms with van der Waals surface area (Å²) in [6, 6.07) is 0. The minimum absolute atomic E-state index is 0.662. The first-order valence-corrected chi connectivity index (χ1v) is 10.8. The van der Waals surface area contributed by atoms with Crippen molar-refractivity contribution >= 4 is 0 Å². The van der Waals surface area contributed by atoms with Crippen LogP contribution in [-0.4, -0.2) is 13.1 Å². The molecule has 1 heteroatoms. The Bertz CT molecular complexity index is 478. The van der Waals surface area contributed by atoms with Gasteiger partial charge in [-0.3, -0.25) is 0 Å². The van der Waals surface area contributed by atoms with Crippen molar-refractivity contribution in [3.63, 3.8) is 0 Å². The second kappa shape index (κ2) is 4.99. The van der Waals surface area contributed by atoms with E-state index in [9.17, 15) is 0 Å². The lowest BCUT2D eigenvalue weighted by atomic mass is 9.43. The zero-order valence-electron chi connectivity index (χ0n) is 15.5. The first-order chi connectivity index (χ1) is 11.1. The summed E-state index contributed by atoms with van der Waals surface area (Å²) < 4.78 is 0. The van der Waals surface area contributed by atoms with Gasteiger partial charge in [0.2, 0.25) is 0 Å². The van der Waals surface area contributed by atoms with Gasteiger partial charge < -0.3 is 5.32 Å². The Kier molecular flexibility index (Phi) is 3.31. The first-order valence-electron chi connectivity index (χ1n) is 10.8. The van der Waals surface area contributed by atoms with Gasteiger partial charge >= 0.3 is 0 Å². The molecule has 23 heavy (non-hydrogen) atoms. The van der Waals surface area contributed by atoms with E-state index in [0.29, 0.717) is 16.2 Å². The van der Waals surface area contributed by atoms with Crippen molar-refractivity contribution in [2.75, 3.05) is 13.1 Å². The zero-order chi connectivity index (χ0) is 15.7. The maximum Gasteiger partial charge on any atom is 0.00136 e. The number of fused-ring (bicyclic) bond motifs is 6. The van der Waals surface area contributed by atoms with Gasteiger partial charge in [-0.25, -0.2) is 0 Å². The second-order valence-electron chi connectivity index (χ2n) is 10.6. The molecule has 1 spiro atoms. The molecule has 5 aliphatic rings. The van der Waals surface area contributed by atoms with Crippen molar-refractivity contribution < 1.29 is 0 Å². The molecule has 0 aromatic heterocycles. The molecule has 130 valence electrons. The third-order valence-corrected chi connectivity index (χ3v) is 10.4. The average Bonchev–Trinajstić information content (AvgIpc) is 3.14. The Morgan fingerprint density at radius 3 is 2.48 bits per heavy atom. The fourth-order valence-corrected chi connectivity index (χ4v) is 8.97. The molecule has 1 aliphatic heterocycles. The van der Waals surface area contributed by atoms with Crippen LogP contribution in [0.2, 0.25) is 0 Å². The van der Waals surface area contributed by atoms with Gasteiger partial charge in [0, 0.05) is 6.54 Å². The fraction of sp³-hybridized carbons (Fsp3) is 1.00. The molecule has 0 aromatic carbocycles. The molecule has 1 nitrogen and oxygen atoms in total. The molecule has 0 bridgehead atoms. The Balaban J connectivity index is 1.47. The van der Waals surface area contributed by atoms with Crippen molar-refractivity contribution in [1.82, 2.24) is 5.32 Å². The predicted octanol–water partition coefficient (Wildman–Crippen LogP) is 5.40. The third-order valence-electron chi connectivity index (χ3n) is 10.4. The molecule has 7 atom stereocenters. The van der Waals surface area contributed by atoms with Gasteiger partial charge in [-0.15, -0.1) is 0 Å². The molecule has 1 heterocycles. The Morgan fingerprint density at radius 1 is 0.783 bits per heavy atom. The molecule has 5 rings (SSSR count). The van der Waals surface area contributed by atoms with Crippen LogP contribution in [0.1, 0.15) is 84.5 Å². The van der Waals surface area contributed by atoms with Crippen LogP contribution >= 0.6 is 0 Å². The van der Waals surface area contributed by atoms with Crippen LogP contribution in [-0.2, 0) is 0 Å². The van der Waals surface area contributed by atoms with E-state index in [1.807, 2.05) is 0 Å². The minimum atomic E-state index is 0.662. The summed E-state index contributed by atoms with van der Waals surface area (Å²) in [5, 5.41) is 3.74. The molecule has 4 saturated carbocycles. The van der Waals surface area contributed by atoms with Gasteiger partial charge in [0.15, 0.2) is 0 Å². The highest BCUT2D eigenvalue weighted by molar-refractivity contribution is 5.14. The van der Waals surface area contributed by atoms with Crippen LogP contribution in [0.25, 0.3) is 0 Å². The molecule has 1 saturated heterocycles. The second-order valence-corrected chi connectivity index (χ2v) is 10.6. The fourth-order valence-electron chi connectivity index (χ4n) is 8.97. The van der Waals surface area contributed by atoms with Crippen LogP contribution in [0.15, 0.2) is 0 Å². The van der Waals surface area contributed by atoms with Gasteiger partial charge in [0.25, 0.3) is 0 Å². The van der Waals surface area contributed by atoms with Crippen molar-refractivity contribution in [3.8, 4) is 0 Å². The van der Waals surface area contributed by atoms with E-state index in [1.165, 1.54) is 38.8 Å². The predicted molar refractivity (Wildman–Crippen MR) is 96.3 cm³/mol. The normalized spacial score (nSPS) is 58.7. The molecule has 0 radical (unpaired) electrons.